The Labute approximate surface area is 212 Å². The number of furan rings is 1. The molecule has 2 aromatic carbocycles. The summed E-state index contributed by atoms with van der Waals surface area (Å²) < 4.78 is 16.2. The normalized spacial score (nSPS) is 10.7. The van der Waals surface area contributed by atoms with Crippen molar-refractivity contribution >= 4 is 17.6 Å². The van der Waals surface area contributed by atoms with Crippen LogP contribution in [0.3, 0.4) is 0 Å². The molecule has 0 aliphatic carbocycles. The number of hydrogen-bond acceptors (Lipinski definition) is 5. The van der Waals surface area contributed by atoms with E-state index in [1.54, 1.807) is 31.4 Å². The van der Waals surface area contributed by atoms with E-state index in [0.29, 0.717) is 42.5 Å². The highest BCUT2D eigenvalue weighted by molar-refractivity contribution is 5.92. The van der Waals surface area contributed by atoms with Crippen molar-refractivity contribution in [2.75, 3.05) is 32.6 Å². The highest BCUT2D eigenvalue weighted by atomic mass is 16.5. The molecule has 36 heavy (non-hydrogen) atoms. The maximum absolute atomic E-state index is 13.5. The van der Waals surface area contributed by atoms with Crippen LogP contribution >= 0.6 is 0 Å². The molecule has 192 valence electrons. The molecule has 0 saturated carbocycles. The second-order valence-electron chi connectivity index (χ2n) is 8.86. The van der Waals surface area contributed by atoms with E-state index < -0.39 is 0 Å². The van der Waals surface area contributed by atoms with Crippen LogP contribution in [0.2, 0.25) is 0 Å². The number of amides is 3. The number of ether oxygens (including phenoxy) is 2. The Morgan fingerprint density at radius 1 is 1.00 bits per heavy atom. The van der Waals surface area contributed by atoms with Crippen molar-refractivity contribution in [3.05, 3.63) is 77.7 Å². The summed E-state index contributed by atoms with van der Waals surface area (Å²) in [5.74, 6) is 1.80. The molecule has 0 spiro atoms. The van der Waals surface area contributed by atoms with Gasteiger partial charge in [-0.25, -0.2) is 4.79 Å². The van der Waals surface area contributed by atoms with Gasteiger partial charge in [0.25, 0.3) is 0 Å². The first-order valence-corrected chi connectivity index (χ1v) is 12.0. The van der Waals surface area contributed by atoms with E-state index >= 15 is 0 Å². The highest BCUT2D eigenvalue weighted by Gasteiger charge is 2.24. The van der Waals surface area contributed by atoms with Gasteiger partial charge >= 0.3 is 6.03 Å². The third kappa shape index (κ3) is 7.28. The van der Waals surface area contributed by atoms with E-state index in [0.717, 1.165) is 11.1 Å². The number of aryl methyl sites for hydroxylation is 1. The topological polar surface area (TPSA) is 84.2 Å². The number of carbonyl (C=O) groups excluding carboxylic acids is 2. The Bertz CT molecular complexity index is 1140. The summed E-state index contributed by atoms with van der Waals surface area (Å²) in [5.41, 5.74) is 2.74. The van der Waals surface area contributed by atoms with Crippen molar-refractivity contribution < 1.29 is 23.5 Å². The molecule has 8 nitrogen and oxygen atoms in total. The maximum Gasteiger partial charge on any atom is 0.322 e. The second-order valence-corrected chi connectivity index (χ2v) is 8.86. The van der Waals surface area contributed by atoms with Gasteiger partial charge in [-0.05, 0) is 74.7 Å². The summed E-state index contributed by atoms with van der Waals surface area (Å²) in [5, 5.41) is 2.91. The molecule has 0 aliphatic rings. The largest absolute Gasteiger partial charge is 0.493 e. The lowest BCUT2D eigenvalue weighted by molar-refractivity contribution is -0.133. The predicted molar refractivity (Wildman–Crippen MR) is 139 cm³/mol. The van der Waals surface area contributed by atoms with Crippen LogP contribution in [-0.4, -0.2) is 55.1 Å². The molecule has 3 amide bonds. The Balaban J connectivity index is 1.73. The summed E-state index contributed by atoms with van der Waals surface area (Å²) >= 11 is 0. The third-order valence-corrected chi connectivity index (χ3v) is 5.86. The summed E-state index contributed by atoms with van der Waals surface area (Å²) in [4.78, 5) is 29.8. The van der Waals surface area contributed by atoms with Gasteiger partial charge < -0.3 is 29.0 Å². The van der Waals surface area contributed by atoms with E-state index in [1.165, 1.54) is 4.90 Å². The zero-order valence-corrected chi connectivity index (χ0v) is 21.6. The monoisotopic (exact) mass is 493 g/mol. The van der Waals surface area contributed by atoms with Gasteiger partial charge in [0.2, 0.25) is 5.91 Å². The summed E-state index contributed by atoms with van der Waals surface area (Å²) in [7, 11) is 3.19. The zero-order valence-electron chi connectivity index (χ0n) is 21.6. The number of methoxy groups -OCH3 is 2. The van der Waals surface area contributed by atoms with Gasteiger partial charge in [0.15, 0.2) is 11.5 Å². The fourth-order valence-corrected chi connectivity index (χ4v) is 3.84. The van der Waals surface area contributed by atoms with Gasteiger partial charge in [0.1, 0.15) is 12.3 Å². The molecule has 3 aromatic rings. The molecule has 8 heteroatoms. The lowest BCUT2D eigenvalue weighted by Crippen LogP contribution is -2.47. The van der Waals surface area contributed by atoms with E-state index in [9.17, 15) is 9.59 Å². The zero-order chi connectivity index (χ0) is 26.1. The van der Waals surface area contributed by atoms with Crippen molar-refractivity contribution in [1.82, 2.24) is 9.80 Å². The van der Waals surface area contributed by atoms with Crippen LogP contribution in [0.5, 0.6) is 11.5 Å². The Hall–Kier alpha value is -3.94. The lowest BCUT2D eigenvalue weighted by Gasteiger charge is -2.30. The molecule has 1 N–H and O–H groups in total. The van der Waals surface area contributed by atoms with Crippen LogP contribution in [-0.2, 0) is 17.8 Å². The minimum absolute atomic E-state index is 0.0536. The van der Waals surface area contributed by atoms with Gasteiger partial charge in [-0.15, -0.1) is 0 Å². The Morgan fingerprint density at radius 3 is 2.42 bits per heavy atom. The number of benzene rings is 2. The molecular weight excluding hydrogens is 458 g/mol. The van der Waals surface area contributed by atoms with Gasteiger partial charge in [-0.1, -0.05) is 18.2 Å². The van der Waals surface area contributed by atoms with Crippen molar-refractivity contribution in [2.45, 2.75) is 39.8 Å². The van der Waals surface area contributed by atoms with Crippen LogP contribution in [0.15, 0.2) is 65.3 Å². The van der Waals surface area contributed by atoms with Crippen LogP contribution in [0.4, 0.5) is 10.5 Å². The molecule has 0 saturated heterocycles. The average molecular weight is 494 g/mol. The first kappa shape index (κ1) is 26.7. The van der Waals surface area contributed by atoms with E-state index in [2.05, 4.69) is 5.32 Å². The summed E-state index contributed by atoms with van der Waals surface area (Å²) in [6.45, 7) is 6.45. The molecule has 0 aliphatic heterocycles. The maximum atomic E-state index is 13.5. The van der Waals surface area contributed by atoms with Crippen LogP contribution in [0.25, 0.3) is 0 Å². The van der Waals surface area contributed by atoms with E-state index in [4.69, 9.17) is 13.9 Å². The molecule has 3 rings (SSSR count). The average Bonchev–Trinajstić information content (AvgIpc) is 3.37. The molecule has 0 unspecified atom stereocenters. The van der Waals surface area contributed by atoms with Crippen molar-refractivity contribution in [2.24, 2.45) is 0 Å². The number of hydrogen-bond donors (Lipinski definition) is 1. The minimum atomic E-state index is -0.318. The number of nitrogens with zero attached hydrogens (tertiary/aromatic N) is 2. The van der Waals surface area contributed by atoms with Gasteiger partial charge in [-0.3, -0.25) is 4.79 Å². The van der Waals surface area contributed by atoms with Gasteiger partial charge in [-0.2, -0.15) is 0 Å². The third-order valence-electron chi connectivity index (χ3n) is 5.86. The number of nitrogens with one attached hydrogen (secondary N) is 1. The smallest absolute Gasteiger partial charge is 0.322 e. The number of carbonyl (C=O) groups is 2. The molecule has 0 fully saturated rings. The Kier molecular flexibility index (Phi) is 9.39. The standard InChI is InChI=1S/C28H35N3O5/c1-20(2)31(28(33)29-23-9-6-8-21(3)16-23)19-27(32)30(18-24-10-7-15-36-24)14-13-22-11-12-25(34-4)26(17-22)35-5/h6-12,15-17,20H,13-14,18-19H2,1-5H3,(H,29,33). The fourth-order valence-electron chi connectivity index (χ4n) is 3.84. The number of rotatable bonds is 11. The SMILES string of the molecule is COc1ccc(CCN(Cc2ccco2)C(=O)CN(C(=O)Nc2cccc(C)c2)C(C)C)cc1OC. The second kappa shape index (κ2) is 12.7. The Morgan fingerprint density at radius 2 is 1.78 bits per heavy atom. The molecule has 0 atom stereocenters. The first-order chi connectivity index (χ1) is 17.3. The van der Waals surface area contributed by atoms with Gasteiger partial charge in [0.05, 0.1) is 27.0 Å². The molecule has 1 heterocycles. The quantitative estimate of drug-likeness (QED) is 0.401. The number of anilines is 1. The van der Waals surface area contributed by atoms with E-state index in [-0.39, 0.29) is 24.5 Å². The first-order valence-electron chi connectivity index (χ1n) is 12.0. The molecule has 1 aromatic heterocycles. The summed E-state index contributed by atoms with van der Waals surface area (Å²) in [6.07, 6.45) is 2.19. The fraction of sp³-hybridized carbons (Fsp3) is 0.357. The van der Waals surface area contributed by atoms with Crippen molar-refractivity contribution in [3.8, 4) is 11.5 Å². The van der Waals surface area contributed by atoms with Crippen molar-refractivity contribution in [3.63, 3.8) is 0 Å². The molecular formula is C28H35N3O5. The van der Waals surface area contributed by atoms with Crippen LogP contribution in [0.1, 0.15) is 30.7 Å². The minimum Gasteiger partial charge on any atom is -0.493 e. The lowest BCUT2D eigenvalue weighted by atomic mass is 10.1. The molecule has 0 bridgehead atoms. The van der Waals surface area contributed by atoms with Crippen LogP contribution in [0, 0.1) is 6.92 Å². The van der Waals surface area contributed by atoms with Crippen molar-refractivity contribution in [1.29, 1.82) is 0 Å². The molecule has 0 radical (unpaired) electrons. The summed E-state index contributed by atoms with van der Waals surface area (Å²) in [6, 6.07) is 16.4. The van der Waals surface area contributed by atoms with Crippen LogP contribution < -0.4 is 14.8 Å². The van der Waals surface area contributed by atoms with Gasteiger partial charge in [0, 0.05) is 18.3 Å². The number of urea groups is 1. The highest BCUT2D eigenvalue weighted by Crippen LogP contribution is 2.28. The predicted octanol–water partition coefficient (Wildman–Crippen LogP) is 5.12. The van der Waals surface area contributed by atoms with E-state index in [1.807, 2.05) is 69.3 Å².